The summed E-state index contributed by atoms with van der Waals surface area (Å²) in [5.74, 6) is 3.55. The number of hydrogen-bond donors (Lipinski definition) is 2. The van der Waals surface area contributed by atoms with Crippen LogP contribution < -0.4 is 11.4 Å². The Morgan fingerprint density at radius 1 is 1.37 bits per heavy atom. The van der Waals surface area contributed by atoms with Crippen molar-refractivity contribution >= 4 is 28.6 Å². The summed E-state index contributed by atoms with van der Waals surface area (Å²) >= 11 is 0.809. The number of aromatic amines is 1. The highest BCUT2D eigenvalue weighted by molar-refractivity contribution is 7.98. The molecule has 0 aliphatic heterocycles. The van der Waals surface area contributed by atoms with E-state index in [9.17, 15) is 22.8 Å². The highest BCUT2D eigenvalue weighted by Crippen LogP contribution is 2.29. The Labute approximate surface area is 152 Å². The Hall–Kier alpha value is -3.09. The van der Waals surface area contributed by atoms with Crippen LogP contribution >= 0.6 is 11.8 Å². The molecule has 0 saturated carbocycles. The summed E-state index contributed by atoms with van der Waals surface area (Å²) < 4.78 is 43.0. The number of nitrogens with two attached hydrogens (primary N) is 1. The first kappa shape index (κ1) is 18.7. The zero-order valence-electron chi connectivity index (χ0n) is 13.6. The predicted molar refractivity (Wildman–Crippen MR) is 88.4 cm³/mol. The van der Waals surface area contributed by atoms with Crippen LogP contribution in [0.4, 0.5) is 13.2 Å². The lowest BCUT2D eigenvalue weighted by atomic mass is 10.1. The SMILES string of the molecule is COC(=O)c1ccc2c(=O)[nH]c(CSc3nnc(C(F)(F)F)n3N)nc2c1. The molecule has 0 saturated heterocycles. The number of thioether (sulfide) groups is 1. The van der Waals surface area contributed by atoms with Crippen molar-refractivity contribution in [3.05, 3.63) is 45.8 Å². The van der Waals surface area contributed by atoms with Crippen molar-refractivity contribution in [3.8, 4) is 0 Å². The van der Waals surface area contributed by atoms with Crippen LogP contribution in [0.3, 0.4) is 0 Å². The van der Waals surface area contributed by atoms with E-state index in [1.807, 2.05) is 0 Å². The van der Waals surface area contributed by atoms with Gasteiger partial charge in [0.25, 0.3) is 11.4 Å². The van der Waals surface area contributed by atoms with Gasteiger partial charge in [0.05, 0.1) is 29.3 Å². The van der Waals surface area contributed by atoms with Gasteiger partial charge in [-0.2, -0.15) is 13.2 Å². The zero-order chi connectivity index (χ0) is 19.8. The lowest BCUT2D eigenvalue weighted by Crippen LogP contribution is -2.21. The first-order valence-electron chi connectivity index (χ1n) is 7.22. The highest BCUT2D eigenvalue weighted by atomic mass is 32.2. The molecular weight excluding hydrogens is 389 g/mol. The van der Waals surface area contributed by atoms with Gasteiger partial charge in [-0.1, -0.05) is 11.8 Å². The van der Waals surface area contributed by atoms with Crippen LogP contribution in [0.15, 0.2) is 28.2 Å². The lowest BCUT2D eigenvalue weighted by molar-refractivity contribution is -0.146. The molecule has 0 radical (unpaired) electrons. The maximum atomic E-state index is 12.7. The third-order valence-corrected chi connectivity index (χ3v) is 4.39. The zero-order valence-corrected chi connectivity index (χ0v) is 14.4. The number of carbonyl (C=O) groups excluding carboxylic acids is 1. The number of fused-ring (bicyclic) bond motifs is 1. The third-order valence-electron chi connectivity index (χ3n) is 3.43. The van der Waals surface area contributed by atoms with E-state index < -0.39 is 23.5 Å². The van der Waals surface area contributed by atoms with Crippen molar-refractivity contribution in [2.75, 3.05) is 13.0 Å². The minimum absolute atomic E-state index is 0.0270. The van der Waals surface area contributed by atoms with Crippen molar-refractivity contribution in [2.24, 2.45) is 0 Å². The number of carbonyl (C=O) groups is 1. The average molecular weight is 400 g/mol. The van der Waals surface area contributed by atoms with Gasteiger partial charge in [-0.05, 0) is 18.2 Å². The Morgan fingerprint density at radius 2 is 2.11 bits per heavy atom. The number of H-pyrrole nitrogens is 1. The van der Waals surface area contributed by atoms with Crippen LogP contribution in [-0.2, 0) is 16.7 Å². The lowest BCUT2D eigenvalue weighted by Gasteiger charge is -2.06. The van der Waals surface area contributed by atoms with Crippen molar-refractivity contribution in [1.29, 1.82) is 0 Å². The van der Waals surface area contributed by atoms with Gasteiger partial charge in [0.15, 0.2) is 0 Å². The van der Waals surface area contributed by atoms with E-state index in [1.54, 1.807) is 0 Å². The summed E-state index contributed by atoms with van der Waals surface area (Å²) in [6, 6.07) is 4.24. The molecule has 142 valence electrons. The standard InChI is InChI=1S/C14H11F3N6O3S/c1-26-11(25)6-2-3-7-8(4-6)19-9(20-10(7)24)5-27-13-22-21-12(23(13)18)14(15,16)17/h2-4H,5,18H2,1H3,(H,19,20,24). The number of rotatable bonds is 4. The summed E-state index contributed by atoms with van der Waals surface area (Å²) in [6.07, 6.45) is -4.74. The Balaban J connectivity index is 1.88. The topological polar surface area (TPSA) is 129 Å². The van der Waals surface area contributed by atoms with Gasteiger partial charge in [-0.15, -0.1) is 10.2 Å². The van der Waals surface area contributed by atoms with Gasteiger partial charge < -0.3 is 15.6 Å². The number of methoxy groups -OCH3 is 1. The molecular formula is C14H11F3N6O3S. The molecule has 0 atom stereocenters. The summed E-state index contributed by atoms with van der Waals surface area (Å²) in [7, 11) is 1.22. The van der Waals surface area contributed by atoms with E-state index in [4.69, 9.17) is 5.84 Å². The number of aromatic nitrogens is 5. The molecule has 9 nitrogen and oxygen atoms in total. The number of ether oxygens (including phenoxy) is 1. The van der Waals surface area contributed by atoms with Crippen LogP contribution in [0.1, 0.15) is 22.0 Å². The van der Waals surface area contributed by atoms with Crippen LogP contribution in [0.2, 0.25) is 0 Å². The molecule has 2 aromatic heterocycles. The van der Waals surface area contributed by atoms with E-state index >= 15 is 0 Å². The second-order valence-electron chi connectivity index (χ2n) is 5.20. The molecule has 0 aliphatic carbocycles. The first-order chi connectivity index (χ1) is 12.7. The maximum Gasteiger partial charge on any atom is 0.453 e. The van der Waals surface area contributed by atoms with Crippen molar-refractivity contribution in [1.82, 2.24) is 24.8 Å². The molecule has 0 amide bonds. The molecule has 3 N–H and O–H groups in total. The number of halogens is 3. The fourth-order valence-electron chi connectivity index (χ4n) is 2.20. The van der Waals surface area contributed by atoms with Crippen molar-refractivity contribution in [3.63, 3.8) is 0 Å². The van der Waals surface area contributed by atoms with E-state index in [1.165, 1.54) is 25.3 Å². The molecule has 1 aromatic carbocycles. The van der Waals surface area contributed by atoms with E-state index in [0.717, 1.165) is 11.8 Å². The van der Waals surface area contributed by atoms with Crippen molar-refractivity contribution < 1.29 is 22.7 Å². The average Bonchev–Trinajstić information content (AvgIpc) is 2.99. The molecule has 0 bridgehead atoms. The number of nitrogens with zero attached hydrogens (tertiary/aromatic N) is 4. The van der Waals surface area contributed by atoms with Crippen LogP contribution in [0, 0.1) is 0 Å². The number of nitrogens with one attached hydrogen (secondary N) is 1. The number of nitrogen functional groups attached to an aromatic ring is 1. The Kier molecular flexibility index (Phi) is 4.78. The van der Waals surface area contributed by atoms with Gasteiger partial charge in [0, 0.05) is 0 Å². The normalized spacial score (nSPS) is 11.7. The highest BCUT2D eigenvalue weighted by Gasteiger charge is 2.38. The number of benzene rings is 1. The van der Waals surface area contributed by atoms with E-state index in [-0.39, 0.29) is 33.2 Å². The Bertz CT molecular complexity index is 1080. The molecule has 0 unspecified atom stereocenters. The van der Waals surface area contributed by atoms with Crippen LogP contribution in [-0.4, -0.2) is 37.9 Å². The van der Waals surface area contributed by atoms with Crippen LogP contribution in [0.5, 0.6) is 0 Å². The smallest absolute Gasteiger partial charge is 0.453 e. The molecule has 27 heavy (non-hydrogen) atoms. The van der Waals surface area contributed by atoms with Gasteiger partial charge >= 0.3 is 12.1 Å². The predicted octanol–water partition coefficient (Wildman–Crippen LogP) is 1.33. The van der Waals surface area contributed by atoms with Gasteiger partial charge in [-0.3, -0.25) is 4.79 Å². The first-order valence-corrected chi connectivity index (χ1v) is 8.21. The Morgan fingerprint density at radius 3 is 2.74 bits per heavy atom. The minimum Gasteiger partial charge on any atom is -0.465 e. The number of esters is 1. The second-order valence-corrected chi connectivity index (χ2v) is 6.14. The summed E-state index contributed by atoms with van der Waals surface area (Å²) in [5.41, 5.74) is -0.0159. The summed E-state index contributed by atoms with van der Waals surface area (Å²) in [6.45, 7) is 0. The van der Waals surface area contributed by atoms with Crippen LogP contribution in [0.25, 0.3) is 10.9 Å². The molecule has 3 rings (SSSR count). The fraction of sp³-hybridized carbons (Fsp3) is 0.214. The molecule has 0 aliphatic rings. The van der Waals surface area contributed by atoms with Crippen molar-refractivity contribution in [2.45, 2.75) is 17.1 Å². The molecule has 3 aromatic rings. The minimum atomic E-state index is -4.74. The third kappa shape index (κ3) is 3.72. The fourth-order valence-corrected chi connectivity index (χ4v) is 2.93. The van der Waals surface area contributed by atoms with E-state index in [0.29, 0.717) is 4.68 Å². The molecule has 13 heteroatoms. The van der Waals surface area contributed by atoms with Gasteiger partial charge in [0.2, 0.25) is 5.16 Å². The van der Waals surface area contributed by atoms with Gasteiger partial charge in [0.1, 0.15) is 5.82 Å². The molecule has 0 spiro atoms. The maximum absolute atomic E-state index is 12.7. The number of alkyl halides is 3. The van der Waals surface area contributed by atoms with Gasteiger partial charge in [-0.25, -0.2) is 14.5 Å². The quantitative estimate of drug-likeness (QED) is 0.381. The largest absolute Gasteiger partial charge is 0.465 e. The molecule has 2 heterocycles. The monoisotopic (exact) mass is 400 g/mol. The molecule has 0 fully saturated rings. The summed E-state index contributed by atoms with van der Waals surface area (Å²) in [5, 5.41) is 6.43. The second kappa shape index (κ2) is 6.90. The van der Waals surface area contributed by atoms with E-state index in [2.05, 4.69) is 24.9 Å². The number of hydrogen-bond acceptors (Lipinski definition) is 8. The summed E-state index contributed by atoms with van der Waals surface area (Å²) in [4.78, 5) is 30.5.